The second-order valence-electron chi connectivity index (χ2n) is 6.68. The fourth-order valence-corrected chi connectivity index (χ4v) is 3.09. The Kier molecular flexibility index (Phi) is 4.75. The zero-order valence-corrected chi connectivity index (χ0v) is 15.4. The zero-order valence-electron chi connectivity index (χ0n) is 15.4. The van der Waals surface area contributed by atoms with Gasteiger partial charge in [-0.3, -0.25) is 9.97 Å². The summed E-state index contributed by atoms with van der Waals surface area (Å²) in [5, 5.41) is 3.39. The molecule has 0 spiro atoms. The monoisotopic (exact) mass is 355 g/mol. The van der Waals surface area contributed by atoms with Crippen LogP contribution in [0, 0.1) is 0 Å². The molecule has 0 saturated heterocycles. The van der Waals surface area contributed by atoms with Crippen LogP contribution >= 0.6 is 0 Å². The van der Waals surface area contributed by atoms with Crippen molar-refractivity contribution < 1.29 is 0 Å². The van der Waals surface area contributed by atoms with E-state index in [0.29, 0.717) is 18.3 Å². The van der Waals surface area contributed by atoms with E-state index in [0.717, 1.165) is 28.1 Å². The quantitative estimate of drug-likeness (QED) is 0.556. The van der Waals surface area contributed by atoms with Gasteiger partial charge in [0.2, 0.25) is 0 Å². The van der Waals surface area contributed by atoms with E-state index in [9.17, 15) is 0 Å². The van der Waals surface area contributed by atoms with Crippen LogP contribution in [0.1, 0.15) is 31.0 Å². The molecular formula is C22H21N5. The van der Waals surface area contributed by atoms with Gasteiger partial charge in [-0.05, 0) is 35.7 Å². The number of fused-ring (bicyclic) bond motifs is 1. The van der Waals surface area contributed by atoms with Gasteiger partial charge in [-0.2, -0.15) is 0 Å². The molecule has 134 valence electrons. The third-order valence-corrected chi connectivity index (χ3v) is 4.44. The number of nitrogens with zero attached hydrogens (tertiary/aromatic N) is 4. The zero-order chi connectivity index (χ0) is 18.6. The fourth-order valence-electron chi connectivity index (χ4n) is 3.09. The summed E-state index contributed by atoms with van der Waals surface area (Å²) < 4.78 is 0. The molecule has 0 atom stereocenters. The highest BCUT2D eigenvalue weighted by atomic mass is 15.1. The van der Waals surface area contributed by atoms with Crippen LogP contribution in [0.2, 0.25) is 0 Å². The lowest BCUT2D eigenvalue weighted by molar-refractivity contribution is 0.866. The van der Waals surface area contributed by atoms with Gasteiger partial charge < -0.3 is 5.32 Å². The Bertz CT molecular complexity index is 1060. The topological polar surface area (TPSA) is 63.6 Å². The summed E-state index contributed by atoms with van der Waals surface area (Å²) in [7, 11) is 0. The number of hydrogen-bond acceptors (Lipinski definition) is 5. The third-order valence-electron chi connectivity index (χ3n) is 4.44. The standard InChI is InChI=1S/C22H21N5/c1-15(2)17-9-3-4-10-18(17)21-26-19-11-7-13-24-20(19)22(27-21)25-14-16-8-5-6-12-23-16/h3-13,15H,14H2,1-2H3,(H,25,26,27). The molecule has 4 rings (SSSR count). The van der Waals surface area contributed by atoms with Crippen molar-refractivity contribution in [3.05, 3.63) is 78.2 Å². The first-order chi connectivity index (χ1) is 13.2. The Hall–Kier alpha value is -3.34. The number of rotatable bonds is 5. The maximum atomic E-state index is 4.82. The molecule has 3 aromatic heterocycles. The smallest absolute Gasteiger partial charge is 0.162 e. The molecule has 1 aromatic carbocycles. The summed E-state index contributed by atoms with van der Waals surface area (Å²) in [5.74, 6) is 1.82. The molecular weight excluding hydrogens is 334 g/mol. The van der Waals surface area contributed by atoms with Gasteiger partial charge in [0.05, 0.1) is 17.8 Å². The van der Waals surface area contributed by atoms with Crippen molar-refractivity contribution in [2.75, 3.05) is 5.32 Å². The molecule has 3 heterocycles. The van der Waals surface area contributed by atoms with Crippen molar-refractivity contribution in [3.8, 4) is 11.4 Å². The molecule has 0 saturated carbocycles. The summed E-state index contributed by atoms with van der Waals surface area (Å²) in [4.78, 5) is 18.4. The number of hydrogen-bond donors (Lipinski definition) is 1. The van der Waals surface area contributed by atoms with Crippen molar-refractivity contribution in [1.29, 1.82) is 0 Å². The number of benzene rings is 1. The molecule has 0 radical (unpaired) electrons. The summed E-state index contributed by atoms with van der Waals surface area (Å²) in [6, 6.07) is 18.0. The SMILES string of the molecule is CC(C)c1ccccc1-c1nc(NCc2ccccn2)c2ncccc2n1. The van der Waals surface area contributed by atoms with Crippen LogP contribution in [0.25, 0.3) is 22.4 Å². The van der Waals surface area contributed by atoms with Crippen LogP contribution < -0.4 is 5.32 Å². The van der Waals surface area contributed by atoms with E-state index in [1.807, 2.05) is 36.4 Å². The Balaban J connectivity index is 1.79. The van der Waals surface area contributed by atoms with Gasteiger partial charge in [-0.25, -0.2) is 9.97 Å². The van der Waals surface area contributed by atoms with Crippen molar-refractivity contribution >= 4 is 16.9 Å². The first-order valence-corrected chi connectivity index (χ1v) is 9.08. The second-order valence-corrected chi connectivity index (χ2v) is 6.68. The predicted octanol–water partition coefficient (Wildman–Crippen LogP) is 4.82. The molecule has 4 aromatic rings. The first-order valence-electron chi connectivity index (χ1n) is 9.08. The molecule has 0 unspecified atom stereocenters. The van der Waals surface area contributed by atoms with Gasteiger partial charge in [-0.15, -0.1) is 0 Å². The van der Waals surface area contributed by atoms with Gasteiger partial charge in [0, 0.05) is 18.0 Å². The normalized spacial score (nSPS) is 11.1. The summed E-state index contributed by atoms with van der Waals surface area (Å²) >= 11 is 0. The Morgan fingerprint density at radius 2 is 1.67 bits per heavy atom. The highest BCUT2D eigenvalue weighted by molar-refractivity contribution is 5.87. The largest absolute Gasteiger partial charge is 0.362 e. The molecule has 5 heteroatoms. The van der Waals surface area contributed by atoms with Crippen molar-refractivity contribution in [2.45, 2.75) is 26.3 Å². The maximum absolute atomic E-state index is 4.82. The number of nitrogens with one attached hydrogen (secondary N) is 1. The second kappa shape index (κ2) is 7.50. The lowest BCUT2D eigenvalue weighted by atomic mass is 9.97. The van der Waals surface area contributed by atoms with Crippen molar-refractivity contribution in [2.24, 2.45) is 0 Å². The highest BCUT2D eigenvalue weighted by Gasteiger charge is 2.14. The molecule has 0 bridgehead atoms. The van der Waals surface area contributed by atoms with Crippen molar-refractivity contribution in [1.82, 2.24) is 19.9 Å². The fraction of sp³-hybridized carbons (Fsp3) is 0.182. The summed E-state index contributed by atoms with van der Waals surface area (Å²) in [5.41, 5.74) is 4.82. The lowest BCUT2D eigenvalue weighted by Crippen LogP contribution is -2.06. The molecule has 0 amide bonds. The molecule has 1 N–H and O–H groups in total. The van der Waals surface area contributed by atoms with E-state index in [4.69, 9.17) is 9.97 Å². The minimum absolute atomic E-state index is 0.388. The van der Waals surface area contributed by atoms with E-state index < -0.39 is 0 Å². The minimum atomic E-state index is 0.388. The van der Waals surface area contributed by atoms with Crippen LogP contribution in [0.4, 0.5) is 5.82 Å². The summed E-state index contributed by atoms with van der Waals surface area (Å²) in [6.07, 6.45) is 3.55. The highest BCUT2D eigenvalue weighted by Crippen LogP contribution is 2.29. The molecule has 0 aliphatic rings. The van der Waals surface area contributed by atoms with Crippen LogP contribution in [-0.4, -0.2) is 19.9 Å². The van der Waals surface area contributed by atoms with Crippen LogP contribution in [-0.2, 0) is 6.54 Å². The molecule has 5 nitrogen and oxygen atoms in total. The lowest BCUT2D eigenvalue weighted by Gasteiger charge is -2.14. The van der Waals surface area contributed by atoms with E-state index in [2.05, 4.69) is 47.3 Å². The van der Waals surface area contributed by atoms with Gasteiger partial charge in [-0.1, -0.05) is 44.2 Å². The van der Waals surface area contributed by atoms with Gasteiger partial charge in [0.1, 0.15) is 5.52 Å². The Morgan fingerprint density at radius 3 is 2.48 bits per heavy atom. The Morgan fingerprint density at radius 1 is 0.852 bits per heavy atom. The van der Waals surface area contributed by atoms with Crippen LogP contribution in [0.3, 0.4) is 0 Å². The van der Waals surface area contributed by atoms with Crippen LogP contribution in [0.5, 0.6) is 0 Å². The summed E-state index contributed by atoms with van der Waals surface area (Å²) in [6.45, 7) is 4.94. The van der Waals surface area contributed by atoms with E-state index in [-0.39, 0.29) is 0 Å². The van der Waals surface area contributed by atoms with Crippen molar-refractivity contribution in [3.63, 3.8) is 0 Å². The number of anilines is 1. The minimum Gasteiger partial charge on any atom is -0.362 e. The van der Waals surface area contributed by atoms with Gasteiger partial charge in [0.15, 0.2) is 11.6 Å². The molecule has 0 fully saturated rings. The van der Waals surface area contributed by atoms with E-state index in [1.54, 1.807) is 12.4 Å². The Labute approximate surface area is 158 Å². The van der Waals surface area contributed by atoms with E-state index >= 15 is 0 Å². The van der Waals surface area contributed by atoms with Crippen LogP contribution in [0.15, 0.2) is 67.0 Å². The first kappa shape index (κ1) is 17.1. The molecule has 27 heavy (non-hydrogen) atoms. The average molecular weight is 355 g/mol. The number of aromatic nitrogens is 4. The van der Waals surface area contributed by atoms with E-state index in [1.165, 1.54) is 5.56 Å². The molecule has 0 aliphatic carbocycles. The number of pyridine rings is 2. The third kappa shape index (κ3) is 3.62. The van der Waals surface area contributed by atoms with Gasteiger partial charge in [0.25, 0.3) is 0 Å². The predicted molar refractivity (Wildman–Crippen MR) is 108 cm³/mol. The average Bonchev–Trinajstić information content (AvgIpc) is 2.72. The molecule has 0 aliphatic heterocycles. The maximum Gasteiger partial charge on any atom is 0.162 e. The van der Waals surface area contributed by atoms with Gasteiger partial charge >= 0.3 is 0 Å².